The molecule has 6 heteroatoms. The largest absolute Gasteiger partial charge is 0.348 e. The summed E-state index contributed by atoms with van der Waals surface area (Å²) < 4.78 is 0. The molecule has 6 nitrogen and oxygen atoms in total. The van der Waals surface area contributed by atoms with Gasteiger partial charge in [-0.25, -0.2) is 4.79 Å². The highest BCUT2D eigenvalue weighted by Gasteiger charge is 2.27. The van der Waals surface area contributed by atoms with Crippen molar-refractivity contribution in [1.29, 1.82) is 0 Å². The first-order chi connectivity index (χ1) is 13.1. The molecule has 1 aromatic rings. The van der Waals surface area contributed by atoms with Gasteiger partial charge in [0.05, 0.1) is 13.1 Å². The lowest BCUT2D eigenvalue weighted by Crippen LogP contribution is -3.14. The molecule has 2 aliphatic rings. The maximum Gasteiger partial charge on any atom is 0.319 e. The van der Waals surface area contributed by atoms with Crippen LogP contribution in [-0.2, 0) is 4.79 Å². The quantitative estimate of drug-likeness (QED) is 0.632. The average Bonchev–Trinajstić information content (AvgIpc) is 2.66. The van der Waals surface area contributed by atoms with Crippen LogP contribution in [0.15, 0.2) is 30.3 Å². The van der Waals surface area contributed by atoms with E-state index in [1.54, 1.807) is 0 Å². The summed E-state index contributed by atoms with van der Waals surface area (Å²) in [4.78, 5) is 25.8. The second-order valence-corrected chi connectivity index (χ2v) is 8.10. The van der Waals surface area contributed by atoms with Gasteiger partial charge in [-0.1, -0.05) is 38.0 Å². The lowest BCUT2D eigenvalue weighted by molar-refractivity contribution is -0.897. The number of nitrogens with one attached hydrogen (secondary N) is 4. The topological polar surface area (TPSA) is 74.7 Å². The summed E-state index contributed by atoms with van der Waals surface area (Å²) in [6.45, 7) is 4.63. The van der Waals surface area contributed by atoms with Crippen LogP contribution in [0.2, 0.25) is 0 Å². The van der Waals surface area contributed by atoms with E-state index in [9.17, 15) is 9.59 Å². The van der Waals surface area contributed by atoms with Crippen molar-refractivity contribution in [3.05, 3.63) is 30.3 Å². The van der Waals surface area contributed by atoms with Gasteiger partial charge in [0.1, 0.15) is 0 Å². The van der Waals surface area contributed by atoms with Crippen molar-refractivity contribution in [2.45, 2.75) is 57.5 Å². The average molecular weight is 374 g/mol. The van der Waals surface area contributed by atoms with Crippen LogP contribution in [0.3, 0.4) is 0 Å². The molecular weight excluding hydrogens is 340 g/mol. The van der Waals surface area contributed by atoms with Gasteiger partial charge < -0.3 is 20.9 Å². The highest BCUT2D eigenvalue weighted by molar-refractivity contribution is 5.89. The van der Waals surface area contributed by atoms with Gasteiger partial charge in [-0.15, -0.1) is 0 Å². The molecule has 4 N–H and O–H groups in total. The molecule has 148 valence electrons. The maximum absolute atomic E-state index is 12.4. The first kappa shape index (κ1) is 19.7. The fraction of sp³-hybridized carbons (Fsp3) is 0.619. The van der Waals surface area contributed by atoms with E-state index in [0.717, 1.165) is 38.0 Å². The Morgan fingerprint density at radius 3 is 2.41 bits per heavy atom. The number of rotatable bonds is 5. The number of quaternary nitrogens is 1. The number of carbonyl (C=O) groups excluding carboxylic acids is 2. The summed E-state index contributed by atoms with van der Waals surface area (Å²) in [6, 6.07) is 9.85. The third-order valence-electron chi connectivity index (χ3n) is 5.93. The molecule has 3 rings (SSSR count). The van der Waals surface area contributed by atoms with Crippen molar-refractivity contribution >= 4 is 17.6 Å². The molecule has 3 amide bonds. The molecule has 0 unspecified atom stereocenters. The number of hydrogen-bond donors (Lipinski definition) is 4. The highest BCUT2D eigenvalue weighted by atomic mass is 16.2. The Morgan fingerprint density at radius 2 is 1.70 bits per heavy atom. The Labute approximate surface area is 162 Å². The zero-order valence-electron chi connectivity index (χ0n) is 16.3. The van der Waals surface area contributed by atoms with Crippen LogP contribution < -0.4 is 20.9 Å². The van der Waals surface area contributed by atoms with Gasteiger partial charge in [-0.3, -0.25) is 4.79 Å². The van der Waals surface area contributed by atoms with E-state index in [4.69, 9.17) is 0 Å². The molecule has 0 radical (unpaired) electrons. The van der Waals surface area contributed by atoms with Gasteiger partial charge in [-0.2, -0.15) is 0 Å². The third kappa shape index (κ3) is 6.24. The normalized spacial score (nSPS) is 28.2. The molecule has 0 bridgehead atoms. The molecule has 1 saturated carbocycles. The number of piperidine rings is 1. The SMILES string of the molecule is C[C@@H]1CCCC[C@H]1NC(=O)C[NH+]1CCC(NC(=O)Nc2ccccc2)CC1. The van der Waals surface area contributed by atoms with Gasteiger partial charge >= 0.3 is 6.03 Å². The van der Waals surface area contributed by atoms with Gasteiger partial charge in [-0.05, 0) is 30.9 Å². The predicted molar refractivity (Wildman–Crippen MR) is 107 cm³/mol. The lowest BCUT2D eigenvalue weighted by atomic mass is 9.86. The van der Waals surface area contributed by atoms with Gasteiger partial charge in [0.15, 0.2) is 6.54 Å². The Bertz CT molecular complexity index is 614. The standard InChI is InChI=1S/C21H32N4O2/c1-16-7-5-6-10-19(16)24-20(26)15-25-13-11-18(12-14-25)23-21(27)22-17-8-3-2-4-9-17/h2-4,8-9,16,18-19H,5-7,10-15H2,1H3,(H,24,26)(H2,22,23,27)/p+1/t16-,19-/m1/s1. The van der Waals surface area contributed by atoms with Crippen LogP contribution in [0.1, 0.15) is 45.4 Å². The van der Waals surface area contributed by atoms with E-state index in [-0.39, 0.29) is 18.0 Å². The third-order valence-corrected chi connectivity index (χ3v) is 5.93. The summed E-state index contributed by atoms with van der Waals surface area (Å²) in [5.74, 6) is 0.771. The van der Waals surface area contributed by atoms with Crippen molar-refractivity contribution in [3.8, 4) is 0 Å². The number of carbonyl (C=O) groups is 2. The van der Waals surface area contributed by atoms with E-state index in [2.05, 4.69) is 22.9 Å². The maximum atomic E-state index is 12.4. The Balaban J connectivity index is 1.34. The molecule has 0 aromatic heterocycles. The van der Waals surface area contributed by atoms with Crippen molar-refractivity contribution < 1.29 is 14.5 Å². The molecule has 27 heavy (non-hydrogen) atoms. The minimum atomic E-state index is -0.154. The van der Waals surface area contributed by atoms with Gasteiger partial charge in [0.25, 0.3) is 5.91 Å². The number of hydrogen-bond acceptors (Lipinski definition) is 2. The summed E-state index contributed by atoms with van der Waals surface area (Å²) in [5.41, 5.74) is 0.798. The molecule has 1 aliphatic carbocycles. The second kappa shape index (κ2) is 9.74. The highest BCUT2D eigenvalue weighted by Crippen LogP contribution is 2.23. The summed E-state index contributed by atoms with van der Waals surface area (Å²) in [5, 5.41) is 9.16. The molecule has 1 saturated heterocycles. The Morgan fingerprint density at radius 1 is 1.00 bits per heavy atom. The van der Waals surface area contributed by atoms with Gasteiger partial charge in [0.2, 0.25) is 0 Å². The molecule has 2 fully saturated rings. The number of amides is 3. The molecule has 1 aromatic carbocycles. The van der Waals surface area contributed by atoms with Crippen molar-refractivity contribution in [2.75, 3.05) is 25.0 Å². The molecule has 1 aliphatic heterocycles. The molecule has 1 heterocycles. The number of likely N-dealkylation sites (tertiary alicyclic amines) is 1. The van der Waals surface area contributed by atoms with Crippen LogP contribution in [0.5, 0.6) is 0 Å². The number of anilines is 1. The Kier molecular flexibility index (Phi) is 7.10. The Hall–Kier alpha value is -2.08. The van der Waals surface area contributed by atoms with Crippen molar-refractivity contribution in [1.82, 2.24) is 10.6 Å². The van der Waals surface area contributed by atoms with Crippen LogP contribution in [0.4, 0.5) is 10.5 Å². The van der Waals surface area contributed by atoms with Crippen molar-refractivity contribution in [3.63, 3.8) is 0 Å². The summed E-state index contributed by atoms with van der Waals surface area (Å²) in [6.07, 6.45) is 6.67. The number of para-hydroxylation sites is 1. The minimum Gasteiger partial charge on any atom is -0.348 e. The van der Waals surface area contributed by atoms with Crippen molar-refractivity contribution in [2.24, 2.45) is 5.92 Å². The van der Waals surface area contributed by atoms with E-state index in [0.29, 0.717) is 18.5 Å². The number of benzene rings is 1. The molecule has 0 spiro atoms. The fourth-order valence-electron chi connectivity index (χ4n) is 4.24. The minimum absolute atomic E-state index is 0.154. The smallest absolute Gasteiger partial charge is 0.319 e. The molecular formula is C21H33N4O2+. The first-order valence-electron chi connectivity index (χ1n) is 10.4. The summed E-state index contributed by atoms with van der Waals surface area (Å²) >= 11 is 0. The van der Waals surface area contributed by atoms with E-state index < -0.39 is 0 Å². The molecule has 2 atom stereocenters. The zero-order chi connectivity index (χ0) is 19.1. The van der Waals surface area contributed by atoms with E-state index in [1.165, 1.54) is 24.2 Å². The van der Waals surface area contributed by atoms with Crippen LogP contribution in [0.25, 0.3) is 0 Å². The first-order valence-corrected chi connectivity index (χ1v) is 10.4. The van der Waals surface area contributed by atoms with E-state index in [1.807, 2.05) is 30.3 Å². The predicted octanol–water partition coefficient (Wildman–Crippen LogP) is 1.55. The number of urea groups is 1. The lowest BCUT2D eigenvalue weighted by Gasteiger charge is -2.32. The van der Waals surface area contributed by atoms with E-state index >= 15 is 0 Å². The zero-order valence-corrected chi connectivity index (χ0v) is 16.3. The monoisotopic (exact) mass is 373 g/mol. The second-order valence-electron chi connectivity index (χ2n) is 8.10. The summed E-state index contributed by atoms with van der Waals surface area (Å²) in [7, 11) is 0. The fourth-order valence-corrected chi connectivity index (χ4v) is 4.24. The van der Waals surface area contributed by atoms with Crippen LogP contribution >= 0.6 is 0 Å². The van der Waals surface area contributed by atoms with Gasteiger partial charge in [0, 0.05) is 30.6 Å². The van der Waals surface area contributed by atoms with Crippen LogP contribution in [-0.4, -0.2) is 43.7 Å². The van der Waals surface area contributed by atoms with Crippen LogP contribution in [0, 0.1) is 5.92 Å².